The number of benzene rings is 1. The van der Waals surface area contributed by atoms with Crippen molar-refractivity contribution in [1.82, 2.24) is 10.2 Å². The molecule has 6 heteroatoms. The van der Waals surface area contributed by atoms with Gasteiger partial charge in [-0.05, 0) is 22.0 Å². The van der Waals surface area contributed by atoms with Gasteiger partial charge in [0.25, 0.3) is 0 Å². The smallest absolute Gasteiger partial charge is 0.145 e. The van der Waals surface area contributed by atoms with E-state index in [0.717, 1.165) is 0 Å². The number of hydrogen-bond donors (Lipinski definition) is 2. The molecular weight excluding hydrogens is 277 g/mol. The van der Waals surface area contributed by atoms with Crippen LogP contribution in [0.15, 0.2) is 22.7 Å². The Morgan fingerprint density at radius 2 is 2.19 bits per heavy atom. The Bertz CT molecular complexity index is 527. The molecule has 0 fully saturated rings. The highest BCUT2D eigenvalue weighted by molar-refractivity contribution is 9.10. The number of rotatable bonds is 2. The summed E-state index contributed by atoms with van der Waals surface area (Å²) in [5, 5.41) is 6.50. The molecule has 0 atom stereocenters. The zero-order valence-corrected chi connectivity index (χ0v) is 10.0. The van der Waals surface area contributed by atoms with Gasteiger partial charge in [-0.3, -0.25) is 5.10 Å². The molecule has 0 aliphatic rings. The van der Waals surface area contributed by atoms with Crippen LogP contribution in [0.3, 0.4) is 0 Å². The van der Waals surface area contributed by atoms with Gasteiger partial charge >= 0.3 is 0 Å². The third kappa shape index (κ3) is 1.88. The van der Waals surface area contributed by atoms with Crippen molar-refractivity contribution >= 4 is 21.7 Å². The fraction of sp³-hybridized carbons (Fsp3) is 0.100. The fourth-order valence-electron chi connectivity index (χ4n) is 1.38. The van der Waals surface area contributed by atoms with Crippen LogP contribution in [0.2, 0.25) is 0 Å². The summed E-state index contributed by atoms with van der Waals surface area (Å²) >= 11 is 3.34. The van der Waals surface area contributed by atoms with Crippen molar-refractivity contribution in [3.05, 3.63) is 28.5 Å². The van der Waals surface area contributed by atoms with Gasteiger partial charge in [0.05, 0.1) is 17.3 Å². The lowest BCUT2D eigenvalue weighted by atomic mass is 10.1. The average Bonchev–Trinajstić information content (AvgIpc) is 2.67. The second kappa shape index (κ2) is 4.13. The summed E-state index contributed by atoms with van der Waals surface area (Å²) in [4.78, 5) is 0. The summed E-state index contributed by atoms with van der Waals surface area (Å²) in [6.45, 7) is 0. The van der Waals surface area contributed by atoms with Crippen LogP contribution >= 0.6 is 15.9 Å². The zero-order valence-electron chi connectivity index (χ0n) is 8.42. The Hall–Kier alpha value is -1.56. The number of aromatic nitrogens is 2. The van der Waals surface area contributed by atoms with E-state index in [1.54, 1.807) is 6.07 Å². The van der Waals surface area contributed by atoms with Gasteiger partial charge in [-0.25, -0.2) is 4.39 Å². The van der Waals surface area contributed by atoms with Crippen LogP contribution in [0.5, 0.6) is 5.75 Å². The van der Waals surface area contributed by atoms with E-state index in [1.807, 2.05) is 0 Å². The molecule has 0 bridgehead atoms. The van der Waals surface area contributed by atoms with Crippen LogP contribution in [0.25, 0.3) is 11.3 Å². The Balaban J connectivity index is 2.60. The van der Waals surface area contributed by atoms with Gasteiger partial charge in [0.1, 0.15) is 17.4 Å². The average molecular weight is 286 g/mol. The van der Waals surface area contributed by atoms with E-state index in [1.165, 1.54) is 19.2 Å². The van der Waals surface area contributed by atoms with Gasteiger partial charge in [-0.1, -0.05) is 0 Å². The Morgan fingerprint density at radius 1 is 1.44 bits per heavy atom. The monoisotopic (exact) mass is 285 g/mol. The molecule has 0 unspecified atom stereocenters. The number of methoxy groups -OCH3 is 1. The van der Waals surface area contributed by atoms with E-state index < -0.39 is 0 Å². The molecule has 16 heavy (non-hydrogen) atoms. The summed E-state index contributed by atoms with van der Waals surface area (Å²) in [7, 11) is 1.48. The number of nitrogen functional groups attached to an aromatic ring is 1. The van der Waals surface area contributed by atoms with Crippen molar-refractivity contribution in [3.8, 4) is 17.0 Å². The number of halogens is 2. The number of aromatic amines is 1. The first-order chi connectivity index (χ1) is 7.61. The highest BCUT2D eigenvalue weighted by Crippen LogP contribution is 2.36. The van der Waals surface area contributed by atoms with E-state index in [9.17, 15) is 4.39 Å². The van der Waals surface area contributed by atoms with Crippen molar-refractivity contribution in [2.45, 2.75) is 0 Å². The lowest BCUT2D eigenvalue weighted by Crippen LogP contribution is -1.90. The third-order valence-corrected chi connectivity index (χ3v) is 2.93. The molecule has 2 rings (SSSR count). The Labute approximate surface area is 99.7 Å². The van der Waals surface area contributed by atoms with Crippen molar-refractivity contribution in [1.29, 1.82) is 0 Å². The molecule has 4 nitrogen and oxygen atoms in total. The van der Waals surface area contributed by atoms with E-state index in [4.69, 9.17) is 10.5 Å². The molecule has 84 valence electrons. The van der Waals surface area contributed by atoms with Gasteiger partial charge in [-0.15, -0.1) is 0 Å². The van der Waals surface area contributed by atoms with Gasteiger partial charge in [0.15, 0.2) is 0 Å². The quantitative estimate of drug-likeness (QED) is 0.891. The van der Waals surface area contributed by atoms with Crippen LogP contribution in [0.4, 0.5) is 10.2 Å². The van der Waals surface area contributed by atoms with E-state index in [2.05, 4.69) is 26.1 Å². The highest BCUT2D eigenvalue weighted by Gasteiger charge is 2.12. The SMILES string of the molecule is COc1cc(F)cc(-c2cc(N)n[nH]2)c1Br. The maximum absolute atomic E-state index is 13.3. The molecule has 1 aromatic carbocycles. The number of nitrogens with zero attached hydrogens (tertiary/aromatic N) is 1. The van der Waals surface area contributed by atoms with Crippen molar-refractivity contribution in [2.24, 2.45) is 0 Å². The van der Waals surface area contributed by atoms with Gasteiger partial charge in [-0.2, -0.15) is 5.10 Å². The molecule has 0 aliphatic heterocycles. The summed E-state index contributed by atoms with van der Waals surface area (Å²) in [5.41, 5.74) is 6.73. The number of hydrogen-bond acceptors (Lipinski definition) is 3. The molecule has 3 N–H and O–H groups in total. The normalized spacial score (nSPS) is 10.4. The first kappa shape index (κ1) is 10.9. The van der Waals surface area contributed by atoms with Crippen LogP contribution in [-0.2, 0) is 0 Å². The van der Waals surface area contributed by atoms with E-state index in [-0.39, 0.29) is 5.82 Å². The van der Waals surface area contributed by atoms with Crippen molar-refractivity contribution in [2.75, 3.05) is 12.8 Å². The van der Waals surface area contributed by atoms with Crippen LogP contribution in [-0.4, -0.2) is 17.3 Å². The van der Waals surface area contributed by atoms with Gasteiger partial charge in [0.2, 0.25) is 0 Å². The maximum atomic E-state index is 13.3. The molecule has 1 heterocycles. The number of nitrogens with one attached hydrogen (secondary N) is 1. The summed E-state index contributed by atoms with van der Waals surface area (Å²) < 4.78 is 19.0. The number of ether oxygens (including phenoxy) is 1. The van der Waals surface area contributed by atoms with Crippen molar-refractivity contribution < 1.29 is 9.13 Å². The summed E-state index contributed by atoms with van der Waals surface area (Å²) in [6.07, 6.45) is 0. The van der Waals surface area contributed by atoms with Crippen LogP contribution < -0.4 is 10.5 Å². The molecule has 0 aliphatic carbocycles. The Kier molecular flexibility index (Phi) is 2.82. The number of nitrogens with two attached hydrogens (primary N) is 1. The molecule has 0 saturated carbocycles. The van der Waals surface area contributed by atoms with Gasteiger partial charge in [0, 0.05) is 17.7 Å². The first-order valence-electron chi connectivity index (χ1n) is 4.46. The molecule has 0 saturated heterocycles. The van der Waals surface area contributed by atoms with Crippen molar-refractivity contribution in [3.63, 3.8) is 0 Å². The first-order valence-corrected chi connectivity index (χ1v) is 5.25. The number of anilines is 1. The minimum absolute atomic E-state index is 0.352. The maximum Gasteiger partial charge on any atom is 0.145 e. The summed E-state index contributed by atoms with van der Waals surface area (Å²) in [5.74, 6) is 0.386. The number of H-pyrrole nitrogens is 1. The second-order valence-corrected chi connectivity index (χ2v) is 3.97. The largest absolute Gasteiger partial charge is 0.495 e. The van der Waals surface area contributed by atoms with Crippen LogP contribution in [0, 0.1) is 5.82 Å². The summed E-state index contributed by atoms with van der Waals surface area (Å²) in [6, 6.07) is 4.30. The minimum atomic E-state index is -0.386. The third-order valence-electron chi connectivity index (χ3n) is 2.11. The predicted molar refractivity (Wildman–Crippen MR) is 62.6 cm³/mol. The molecule has 0 spiro atoms. The van der Waals surface area contributed by atoms with Crippen LogP contribution in [0.1, 0.15) is 0 Å². The lowest BCUT2D eigenvalue weighted by Gasteiger charge is -2.07. The Morgan fingerprint density at radius 3 is 2.75 bits per heavy atom. The zero-order chi connectivity index (χ0) is 11.7. The molecular formula is C10H9BrFN3O. The second-order valence-electron chi connectivity index (χ2n) is 3.18. The molecule has 0 radical (unpaired) electrons. The lowest BCUT2D eigenvalue weighted by molar-refractivity contribution is 0.409. The predicted octanol–water partition coefficient (Wildman–Crippen LogP) is 2.57. The van der Waals surface area contributed by atoms with E-state index >= 15 is 0 Å². The fourth-order valence-corrected chi connectivity index (χ4v) is 1.99. The topological polar surface area (TPSA) is 63.9 Å². The molecule has 1 aromatic heterocycles. The molecule has 0 amide bonds. The van der Waals surface area contributed by atoms with E-state index in [0.29, 0.717) is 27.3 Å². The highest BCUT2D eigenvalue weighted by atomic mass is 79.9. The molecule has 2 aromatic rings. The van der Waals surface area contributed by atoms with Gasteiger partial charge < -0.3 is 10.5 Å². The minimum Gasteiger partial charge on any atom is -0.495 e. The standard InChI is InChI=1S/C10H9BrFN3O/c1-16-8-3-5(12)2-6(10(8)11)7-4-9(13)15-14-7/h2-4H,1H3,(H3,13,14,15).